The average Bonchev–Trinajstić information content (AvgIpc) is 2.56. The first-order chi connectivity index (χ1) is 11.0. The molecule has 0 spiro atoms. The van der Waals surface area contributed by atoms with E-state index in [1.807, 2.05) is 11.9 Å². The summed E-state index contributed by atoms with van der Waals surface area (Å²) in [6, 6.07) is 8.86. The summed E-state index contributed by atoms with van der Waals surface area (Å²) >= 11 is 0. The number of hydrogen-bond donors (Lipinski definition) is 1. The molecule has 0 radical (unpaired) electrons. The lowest BCUT2D eigenvalue weighted by atomic mass is 9.84. The van der Waals surface area contributed by atoms with E-state index in [2.05, 4.69) is 50.4 Å². The maximum Gasteiger partial charge on any atom is 0.222 e. The minimum absolute atomic E-state index is 0. The standard InChI is InChI=1S/C20H32N2O.ClH/c1-15-5-7-18(8-6-15)14-17(3)22(4)20(23)13-16(2)19-9-11-21-12-10-19;/h5-8,16-17,19,21H,9-14H2,1-4H3;1H. The lowest BCUT2D eigenvalue weighted by Crippen LogP contribution is -2.38. The SMILES string of the molecule is Cc1ccc(CC(C)N(C)C(=O)CC(C)C2CCNCC2)cc1.Cl. The highest BCUT2D eigenvalue weighted by Gasteiger charge is 2.24. The van der Waals surface area contributed by atoms with Gasteiger partial charge in [-0.15, -0.1) is 12.4 Å². The van der Waals surface area contributed by atoms with Crippen molar-refractivity contribution in [3.05, 3.63) is 35.4 Å². The Balaban J connectivity index is 0.00000288. The van der Waals surface area contributed by atoms with Gasteiger partial charge >= 0.3 is 0 Å². The van der Waals surface area contributed by atoms with Gasteiger partial charge in [-0.1, -0.05) is 36.8 Å². The zero-order valence-corrected chi connectivity index (χ0v) is 16.4. The molecule has 2 unspecified atom stereocenters. The molecule has 0 bridgehead atoms. The molecule has 0 aliphatic carbocycles. The highest BCUT2D eigenvalue weighted by molar-refractivity contribution is 5.85. The molecule has 1 heterocycles. The van der Waals surface area contributed by atoms with Gasteiger partial charge in [-0.3, -0.25) is 4.79 Å². The minimum atomic E-state index is 0. The van der Waals surface area contributed by atoms with Gasteiger partial charge in [-0.05, 0) is 63.6 Å². The maximum absolute atomic E-state index is 12.6. The van der Waals surface area contributed by atoms with Crippen LogP contribution >= 0.6 is 12.4 Å². The van der Waals surface area contributed by atoms with Gasteiger partial charge in [-0.25, -0.2) is 0 Å². The number of carbonyl (C=O) groups is 1. The molecule has 1 aromatic rings. The van der Waals surface area contributed by atoms with Crippen LogP contribution in [0, 0.1) is 18.8 Å². The van der Waals surface area contributed by atoms with Crippen molar-refractivity contribution in [2.45, 2.75) is 52.5 Å². The predicted molar refractivity (Wildman–Crippen MR) is 104 cm³/mol. The number of amides is 1. The van der Waals surface area contributed by atoms with Gasteiger partial charge in [0.1, 0.15) is 0 Å². The molecule has 0 saturated carbocycles. The molecule has 1 saturated heterocycles. The minimum Gasteiger partial charge on any atom is -0.343 e. The Morgan fingerprint density at radius 3 is 2.38 bits per heavy atom. The number of aryl methyl sites for hydroxylation is 1. The number of benzene rings is 1. The van der Waals surface area contributed by atoms with Crippen LogP contribution in [0.15, 0.2) is 24.3 Å². The summed E-state index contributed by atoms with van der Waals surface area (Å²) in [5.74, 6) is 1.47. The third-order valence-electron chi connectivity index (χ3n) is 5.39. The Hall–Kier alpha value is -1.06. The van der Waals surface area contributed by atoms with Crippen molar-refractivity contribution in [2.24, 2.45) is 11.8 Å². The Bertz CT molecular complexity index is 497. The summed E-state index contributed by atoms with van der Waals surface area (Å²) in [7, 11) is 1.95. The van der Waals surface area contributed by atoms with Gasteiger partial charge in [0.25, 0.3) is 0 Å². The van der Waals surface area contributed by atoms with Crippen LogP contribution in [-0.2, 0) is 11.2 Å². The Morgan fingerprint density at radius 1 is 1.21 bits per heavy atom. The molecule has 1 fully saturated rings. The van der Waals surface area contributed by atoms with Crippen LogP contribution in [0.5, 0.6) is 0 Å². The fraction of sp³-hybridized carbons (Fsp3) is 0.650. The Morgan fingerprint density at radius 2 is 1.79 bits per heavy atom. The zero-order valence-electron chi connectivity index (χ0n) is 15.5. The number of carbonyl (C=O) groups excluding carboxylic acids is 1. The van der Waals surface area contributed by atoms with Crippen LogP contribution in [0.25, 0.3) is 0 Å². The van der Waals surface area contributed by atoms with E-state index in [1.54, 1.807) is 0 Å². The number of hydrogen-bond acceptors (Lipinski definition) is 2. The summed E-state index contributed by atoms with van der Waals surface area (Å²) in [6.45, 7) is 8.69. The Kier molecular flexibility index (Phi) is 8.79. The average molecular weight is 353 g/mol. The highest BCUT2D eigenvalue weighted by atomic mass is 35.5. The topological polar surface area (TPSA) is 32.3 Å². The van der Waals surface area contributed by atoms with E-state index in [1.165, 1.54) is 24.0 Å². The second kappa shape index (κ2) is 10.0. The van der Waals surface area contributed by atoms with Gasteiger partial charge in [0, 0.05) is 19.5 Å². The van der Waals surface area contributed by atoms with Crippen LogP contribution in [0.4, 0.5) is 0 Å². The predicted octanol–water partition coefficient (Wildman–Crippen LogP) is 3.83. The van der Waals surface area contributed by atoms with E-state index in [0.29, 0.717) is 18.3 Å². The molecule has 1 aliphatic rings. The number of rotatable bonds is 6. The van der Waals surface area contributed by atoms with Crippen molar-refractivity contribution in [1.29, 1.82) is 0 Å². The van der Waals surface area contributed by atoms with Crippen molar-refractivity contribution >= 4 is 18.3 Å². The van der Waals surface area contributed by atoms with Gasteiger partial charge < -0.3 is 10.2 Å². The van der Waals surface area contributed by atoms with E-state index in [4.69, 9.17) is 0 Å². The zero-order chi connectivity index (χ0) is 16.8. The van der Waals surface area contributed by atoms with Crippen molar-refractivity contribution < 1.29 is 4.79 Å². The molecule has 24 heavy (non-hydrogen) atoms. The summed E-state index contributed by atoms with van der Waals surface area (Å²) < 4.78 is 0. The van der Waals surface area contributed by atoms with E-state index in [9.17, 15) is 4.79 Å². The second-order valence-corrected chi connectivity index (χ2v) is 7.31. The first-order valence-electron chi connectivity index (χ1n) is 8.99. The molecule has 1 N–H and O–H groups in total. The normalized spacial score (nSPS) is 17.7. The molecule has 1 aromatic carbocycles. The van der Waals surface area contributed by atoms with Crippen molar-refractivity contribution in [2.75, 3.05) is 20.1 Å². The highest BCUT2D eigenvalue weighted by Crippen LogP contribution is 2.25. The van der Waals surface area contributed by atoms with Crippen LogP contribution in [-0.4, -0.2) is 37.0 Å². The number of likely N-dealkylation sites (N-methyl/N-ethyl adjacent to an activating group) is 1. The van der Waals surface area contributed by atoms with Crippen LogP contribution in [0.1, 0.15) is 44.2 Å². The summed E-state index contributed by atoms with van der Waals surface area (Å²) in [6.07, 6.45) is 4.01. The third kappa shape index (κ3) is 6.10. The maximum atomic E-state index is 12.6. The molecule has 1 amide bonds. The molecule has 3 nitrogen and oxygen atoms in total. The van der Waals surface area contributed by atoms with Gasteiger partial charge in [0.05, 0.1) is 0 Å². The number of piperidine rings is 1. The summed E-state index contributed by atoms with van der Waals surface area (Å²) in [4.78, 5) is 14.5. The van der Waals surface area contributed by atoms with E-state index < -0.39 is 0 Å². The van der Waals surface area contributed by atoms with Crippen LogP contribution in [0.2, 0.25) is 0 Å². The number of nitrogens with zero attached hydrogens (tertiary/aromatic N) is 1. The molecule has 2 rings (SSSR count). The second-order valence-electron chi connectivity index (χ2n) is 7.31. The summed E-state index contributed by atoms with van der Waals surface area (Å²) in [5, 5.41) is 3.40. The number of halogens is 1. The smallest absolute Gasteiger partial charge is 0.222 e. The molecule has 0 aromatic heterocycles. The van der Waals surface area contributed by atoms with Gasteiger partial charge in [0.2, 0.25) is 5.91 Å². The van der Waals surface area contributed by atoms with E-state index in [0.717, 1.165) is 19.5 Å². The van der Waals surface area contributed by atoms with Crippen LogP contribution < -0.4 is 5.32 Å². The van der Waals surface area contributed by atoms with Crippen molar-refractivity contribution in [1.82, 2.24) is 10.2 Å². The molecule has 136 valence electrons. The van der Waals surface area contributed by atoms with E-state index in [-0.39, 0.29) is 24.4 Å². The van der Waals surface area contributed by atoms with E-state index >= 15 is 0 Å². The molecule has 2 atom stereocenters. The lowest BCUT2D eigenvalue weighted by molar-refractivity contribution is -0.133. The number of nitrogens with one attached hydrogen (secondary N) is 1. The van der Waals surface area contributed by atoms with Crippen molar-refractivity contribution in [3.8, 4) is 0 Å². The summed E-state index contributed by atoms with van der Waals surface area (Å²) in [5.41, 5.74) is 2.58. The fourth-order valence-corrected chi connectivity index (χ4v) is 3.45. The molecular weight excluding hydrogens is 320 g/mol. The lowest BCUT2D eigenvalue weighted by Gasteiger charge is -2.31. The first kappa shape index (κ1) is 21.0. The Labute approximate surface area is 153 Å². The quantitative estimate of drug-likeness (QED) is 0.843. The monoisotopic (exact) mass is 352 g/mol. The van der Waals surface area contributed by atoms with Crippen molar-refractivity contribution in [3.63, 3.8) is 0 Å². The largest absolute Gasteiger partial charge is 0.343 e. The third-order valence-corrected chi connectivity index (χ3v) is 5.39. The van der Waals surface area contributed by atoms with Crippen LogP contribution in [0.3, 0.4) is 0 Å². The molecular formula is C20H33ClN2O. The molecule has 1 aliphatic heterocycles. The van der Waals surface area contributed by atoms with Gasteiger partial charge in [0.15, 0.2) is 0 Å². The first-order valence-corrected chi connectivity index (χ1v) is 8.99. The fourth-order valence-electron chi connectivity index (χ4n) is 3.45. The molecule has 4 heteroatoms. The van der Waals surface area contributed by atoms with Gasteiger partial charge in [-0.2, -0.15) is 0 Å².